The molecule has 3 aliphatic rings. The maximum atomic E-state index is 14.1. The first-order valence-corrected chi connectivity index (χ1v) is 9.25. The molecule has 7 heteroatoms. The summed E-state index contributed by atoms with van der Waals surface area (Å²) in [5.74, 6) is -0.590. The van der Waals surface area contributed by atoms with Gasteiger partial charge in [-0.2, -0.15) is 0 Å². The Morgan fingerprint density at radius 1 is 1.32 bits per heavy atom. The Bertz CT molecular complexity index is 776. The fourth-order valence-electron chi connectivity index (χ4n) is 4.98. The SMILES string of the molecule is COC1CCC2(CC1)Cc1cc(F)c(Br)cc1C21NC(=O)N(C)C1=O. The van der Waals surface area contributed by atoms with E-state index in [2.05, 4.69) is 21.2 Å². The lowest BCUT2D eigenvalue weighted by Gasteiger charge is -2.46. The third-order valence-corrected chi connectivity index (χ3v) is 6.93. The molecular weight excluding hydrogens is 391 g/mol. The highest BCUT2D eigenvalue weighted by atomic mass is 79.9. The van der Waals surface area contributed by atoms with Gasteiger partial charge in [-0.05, 0) is 71.3 Å². The van der Waals surface area contributed by atoms with Crippen LogP contribution in [0.2, 0.25) is 0 Å². The van der Waals surface area contributed by atoms with Gasteiger partial charge in [-0.3, -0.25) is 9.69 Å². The van der Waals surface area contributed by atoms with Gasteiger partial charge in [0.2, 0.25) is 0 Å². The molecule has 1 aromatic carbocycles. The first-order chi connectivity index (χ1) is 11.8. The van der Waals surface area contributed by atoms with Gasteiger partial charge in [0.05, 0.1) is 10.6 Å². The van der Waals surface area contributed by atoms with E-state index in [1.165, 1.54) is 13.1 Å². The summed E-state index contributed by atoms with van der Waals surface area (Å²) in [5, 5.41) is 2.98. The molecule has 0 bridgehead atoms. The summed E-state index contributed by atoms with van der Waals surface area (Å²) in [6.07, 6.45) is 3.90. The standard InChI is InChI=1S/C18H20BrFN2O3/c1-22-15(23)18(21-16(22)24)12-8-13(19)14(20)7-10(12)9-17(18)5-3-11(25-2)4-6-17/h7-8,11H,3-6,9H2,1-2H3,(H,21,24). The largest absolute Gasteiger partial charge is 0.381 e. The molecule has 1 aliphatic heterocycles. The normalized spacial score (nSPS) is 34.1. The van der Waals surface area contributed by atoms with Gasteiger partial charge in [0.1, 0.15) is 5.82 Å². The first kappa shape index (κ1) is 17.0. The van der Waals surface area contributed by atoms with Gasteiger partial charge in [-0.1, -0.05) is 0 Å². The number of nitrogens with zero attached hydrogens (tertiary/aromatic N) is 1. The summed E-state index contributed by atoms with van der Waals surface area (Å²) in [6, 6.07) is 2.77. The molecule has 4 rings (SSSR count). The third kappa shape index (κ3) is 2.08. The van der Waals surface area contributed by atoms with Crippen molar-refractivity contribution < 1.29 is 18.7 Å². The average molecular weight is 411 g/mol. The van der Waals surface area contributed by atoms with Crippen molar-refractivity contribution in [2.75, 3.05) is 14.2 Å². The minimum Gasteiger partial charge on any atom is -0.381 e. The lowest BCUT2D eigenvalue weighted by Crippen LogP contribution is -2.56. The van der Waals surface area contributed by atoms with Crippen molar-refractivity contribution >= 4 is 27.9 Å². The van der Waals surface area contributed by atoms with E-state index in [4.69, 9.17) is 4.74 Å². The number of ether oxygens (including phenoxy) is 1. The number of likely N-dealkylation sites (N-methyl/N-ethyl adjacent to an activating group) is 1. The van der Waals surface area contributed by atoms with E-state index in [1.54, 1.807) is 13.2 Å². The predicted octanol–water partition coefficient (Wildman–Crippen LogP) is 3.10. The van der Waals surface area contributed by atoms with Gasteiger partial charge in [-0.25, -0.2) is 9.18 Å². The molecule has 134 valence electrons. The minimum atomic E-state index is -1.11. The quantitative estimate of drug-likeness (QED) is 0.723. The summed E-state index contributed by atoms with van der Waals surface area (Å²) in [7, 11) is 3.20. The second kappa shape index (κ2) is 5.51. The fraction of sp³-hybridized carbons (Fsp3) is 0.556. The molecule has 1 saturated carbocycles. The van der Waals surface area contributed by atoms with E-state index in [0.29, 0.717) is 10.9 Å². The van der Waals surface area contributed by atoms with Crippen molar-refractivity contribution in [3.8, 4) is 0 Å². The number of benzene rings is 1. The molecule has 1 N–H and O–H groups in total. The van der Waals surface area contributed by atoms with Crippen LogP contribution in [0.5, 0.6) is 0 Å². The summed E-state index contributed by atoms with van der Waals surface area (Å²) in [4.78, 5) is 26.7. The zero-order chi connectivity index (χ0) is 18.0. The number of fused-ring (bicyclic) bond motifs is 3. The van der Waals surface area contributed by atoms with Crippen molar-refractivity contribution in [3.05, 3.63) is 33.5 Å². The average Bonchev–Trinajstić information content (AvgIpc) is 2.97. The fourth-order valence-corrected chi connectivity index (χ4v) is 5.32. The molecular formula is C18H20BrFN2O3. The Balaban J connectivity index is 1.89. The summed E-state index contributed by atoms with van der Waals surface area (Å²) < 4.78 is 19.9. The summed E-state index contributed by atoms with van der Waals surface area (Å²) in [6.45, 7) is 0. The topological polar surface area (TPSA) is 58.6 Å². The molecule has 2 spiro atoms. The van der Waals surface area contributed by atoms with Crippen molar-refractivity contribution in [2.24, 2.45) is 5.41 Å². The molecule has 1 unspecified atom stereocenters. The third-order valence-electron chi connectivity index (χ3n) is 6.32. The molecule has 1 atom stereocenters. The minimum absolute atomic E-state index is 0.166. The van der Waals surface area contributed by atoms with Crippen LogP contribution in [0.15, 0.2) is 16.6 Å². The lowest BCUT2D eigenvalue weighted by molar-refractivity contribution is -0.137. The maximum absolute atomic E-state index is 14.1. The number of rotatable bonds is 1. The molecule has 25 heavy (non-hydrogen) atoms. The first-order valence-electron chi connectivity index (χ1n) is 8.46. The number of imide groups is 1. The highest BCUT2D eigenvalue weighted by molar-refractivity contribution is 9.10. The highest BCUT2D eigenvalue weighted by Crippen LogP contribution is 2.60. The van der Waals surface area contributed by atoms with E-state index in [9.17, 15) is 14.0 Å². The number of hydrogen-bond acceptors (Lipinski definition) is 3. The van der Waals surface area contributed by atoms with E-state index in [1.807, 2.05) is 0 Å². The number of carbonyl (C=O) groups excluding carboxylic acids is 2. The van der Waals surface area contributed by atoms with Gasteiger partial charge >= 0.3 is 6.03 Å². The monoisotopic (exact) mass is 410 g/mol. The highest BCUT2D eigenvalue weighted by Gasteiger charge is 2.67. The Labute approximate surface area is 154 Å². The number of methoxy groups -OCH3 is 1. The van der Waals surface area contributed by atoms with Crippen LogP contribution in [-0.4, -0.2) is 37.1 Å². The van der Waals surface area contributed by atoms with Crippen LogP contribution in [0.4, 0.5) is 9.18 Å². The molecule has 0 radical (unpaired) electrons. The van der Waals surface area contributed by atoms with Crippen molar-refractivity contribution in [3.63, 3.8) is 0 Å². The zero-order valence-electron chi connectivity index (χ0n) is 14.2. The van der Waals surface area contributed by atoms with Crippen molar-refractivity contribution in [1.82, 2.24) is 10.2 Å². The molecule has 1 heterocycles. The Hall–Kier alpha value is -1.47. The van der Waals surface area contributed by atoms with Crippen LogP contribution in [0.1, 0.15) is 36.8 Å². The summed E-state index contributed by atoms with van der Waals surface area (Å²) >= 11 is 3.23. The number of nitrogens with one attached hydrogen (secondary N) is 1. The van der Waals surface area contributed by atoms with Crippen molar-refractivity contribution in [2.45, 2.75) is 43.7 Å². The number of amides is 3. The lowest BCUT2D eigenvalue weighted by atomic mass is 9.61. The van der Waals surface area contributed by atoms with Crippen LogP contribution in [-0.2, 0) is 21.5 Å². The smallest absolute Gasteiger partial charge is 0.325 e. The molecule has 5 nitrogen and oxygen atoms in total. The van der Waals surface area contributed by atoms with Gasteiger partial charge in [-0.15, -0.1) is 0 Å². The van der Waals surface area contributed by atoms with E-state index in [0.717, 1.165) is 41.7 Å². The molecule has 2 aliphatic carbocycles. The van der Waals surface area contributed by atoms with Crippen LogP contribution in [0, 0.1) is 11.2 Å². The van der Waals surface area contributed by atoms with Crippen LogP contribution >= 0.6 is 15.9 Å². The summed E-state index contributed by atoms with van der Waals surface area (Å²) in [5.41, 5.74) is -0.0158. The molecule has 1 aromatic rings. The predicted molar refractivity (Wildman–Crippen MR) is 92.5 cm³/mol. The number of carbonyl (C=O) groups is 2. The molecule has 1 saturated heterocycles. The Morgan fingerprint density at radius 3 is 2.56 bits per heavy atom. The molecule has 0 aromatic heterocycles. The zero-order valence-corrected chi connectivity index (χ0v) is 15.8. The number of halogens is 2. The van der Waals surface area contributed by atoms with Gasteiger partial charge in [0, 0.05) is 19.6 Å². The van der Waals surface area contributed by atoms with Crippen LogP contribution < -0.4 is 5.32 Å². The second-order valence-corrected chi connectivity index (χ2v) is 8.21. The van der Waals surface area contributed by atoms with Gasteiger partial charge in [0.25, 0.3) is 5.91 Å². The molecule has 3 amide bonds. The maximum Gasteiger partial charge on any atom is 0.325 e. The van der Waals surface area contributed by atoms with Crippen molar-refractivity contribution in [1.29, 1.82) is 0 Å². The Morgan fingerprint density at radius 2 is 2.00 bits per heavy atom. The van der Waals surface area contributed by atoms with Gasteiger partial charge < -0.3 is 10.1 Å². The Kier molecular flexibility index (Phi) is 3.74. The van der Waals surface area contributed by atoms with E-state index in [-0.39, 0.29) is 17.8 Å². The van der Waals surface area contributed by atoms with E-state index < -0.39 is 17.0 Å². The number of urea groups is 1. The number of hydrogen-bond donors (Lipinski definition) is 1. The van der Waals surface area contributed by atoms with Crippen LogP contribution in [0.3, 0.4) is 0 Å². The van der Waals surface area contributed by atoms with Gasteiger partial charge in [0.15, 0.2) is 5.54 Å². The van der Waals surface area contributed by atoms with E-state index >= 15 is 0 Å². The molecule has 2 fully saturated rings. The second-order valence-electron chi connectivity index (χ2n) is 7.36. The van der Waals surface area contributed by atoms with Crippen LogP contribution in [0.25, 0.3) is 0 Å².